The van der Waals surface area contributed by atoms with Crippen LogP contribution in [0.15, 0.2) is 0 Å². The molecule has 1 N–H and O–H groups in total. The van der Waals surface area contributed by atoms with Gasteiger partial charge in [-0.3, -0.25) is 4.90 Å². The maximum atomic E-state index is 11.8. The second-order valence-corrected chi connectivity index (χ2v) is 6.64. The van der Waals surface area contributed by atoms with Crippen LogP contribution < -0.4 is 5.32 Å². The van der Waals surface area contributed by atoms with Crippen LogP contribution >= 0.6 is 0 Å². The lowest BCUT2D eigenvalue weighted by Gasteiger charge is -2.54. The third-order valence-corrected chi connectivity index (χ3v) is 3.91. The molecule has 0 saturated carbocycles. The Morgan fingerprint density at radius 2 is 2.16 bits per heavy atom. The van der Waals surface area contributed by atoms with E-state index in [9.17, 15) is 4.79 Å². The maximum Gasteiger partial charge on any atom is 0.407 e. The molecular weight excluding hydrogens is 244 g/mol. The molecule has 2 rings (SSSR count). The van der Waals surface area contributed by atoms with E-state index in [2.05, 4.69) is 17.1 Å². The van der Waals surface area contributed by atoms with Gasteiger partial charge in [0.1, 0.15) is 5.60 Å². The maximum absolute atomic E-state index is 11.8. The number of alkyl carbamates (subject to hydrolysis) is 1. The molecule has 0 bridgehead atoms. The third-order valence-electron chi connectivity index (χ3n) is 3.91. The molecule has 1 amide bonds. The highest BCUT2D eigenvalue weighted by Gasteiger charge is 2.47. The van der Waals surface area contributed by atoms with Crippen molar-refractivity contribution in [2.75, 3.05) is 26.3 Å². The fraction of sp³-hybridized carbons (Fsp3) is 0.929. The molecule has 2 heterocycles. The molecule has 0 aromatic rings. The van der Waals surface area contributed by atoms with Crippen LogP contribution in [0.4, 0.5) is 4.79 Å². The van der Waals surface area contributed by atoms with Crippen molar-refractivity contribution in [3.8, 4) is 0 Å². The highest BCUT2D eigenvalue weighted by atomic mass is 16.6. The third kappa shape index (κ3) is 3.39. The highest BCUT2D eigenvalue weighted by Crippen LogP contribution is 2.34. The molecule has 1 unspecified atom stereocenters. The minimum Gasteiger partial charge on any atom is -0.444 e. The van der Waals surface area contributed by atoms with E-state index in [0.717, 1.165) is 39.1 Å². The van der Waals surface area contributed by atoms with Crippen molar-refractivity contribution < 1.29 is 14.3 Å². The summed E-state index contributed by atoms with van der Waals surface area (Å²) in [6.07, 6.45) is 1.77. The normalized spacial score (nSPS) is 26.8. The smallest absolute Gasteiger partial charge is 0.407 e. The van der Waals surface area contributed by atoms with Gasteiger partial charge in [0.05, 0.1) is 18.8 Å². The molecule has 0 radical (unpaired) electrons. The Labute approximate surface area is 115 Å². The van der Waals surface area contributed by atoms with Gasteiger partial charge in [-0.15, -0.1) is 0 Å². The van der Waals surface area contributed by atoms with E-state index in [-0.39, 0.29) is 17.7 Å². The fourth-order valence-electron chi connectivity index (χ4n) is 2.87. The molecular formula is C14H26N2O3. The number of carbonyl (C=O) groups excluding carboxylic acids is 1. The minimum absolute atomic E-state index is 0.182. The van der Waals surface area contributed by atoms with Gasteiger partial charge in [0.25, 0.3) is 0 Å². The summed E-state index contributed by atoms with van der Waals surface area (Å²) in [5.74, 6) is 0. The molecule has 5 heteroatoms. The Hall–Kier alpha value is -0.810. The Morgan fingerprint density at radius 1 is 1.47 bits per heavy atom. The van der Waals surface area contributed by atoms with Crippen molar-refractivity contribution in [3.63, 3.8) is 0 Å². The van der Waals surface area contributed by atoms with E-state index in [1.165, 1.54) is 0 Å². The average Bonchev–Trinajstić information content (AvgIpc) is 2.24. The lowest BCUT2D eigenvalue weighted by atomic mass is 9.83. The summed E-state index contributed by atoms with van der Waals surface area (Å²) in [6.45, 7) is 11.4. The van der Waals surface area contributed by atoms with Gasteiger partial charge in [-0.05, 0) is 40.2 Å². The quantitative estimate of drug-likeness (QED) is 0.831. The van der Waals surface area contributed by atoms with Crippen LogP contribution in [0.1, 0.15) is 40.5 Å². The minimum atomic E-state index is -0.438. The number of nitrogens with zero attached hydrogens (tertiary/aromatic N) is 1. The number of carbonyl (C=O) groups is 1. The molecule has 110 valence electrons. The zero-order valence-electron chi connectivity index (χ0n) is 12.5. The summed E-state index contributed by atoms with van der Waals surface area (Å²) in [7, 11) is 0. The monoisotopic (exact) mass is 270 g/mol. The first kappa shape index (κ1) is 14.6. The largest absolute Gasteiger partial charge is 0.444 e. The summed E-state index contributed by atoms with van der Waals surface area (Å²) in [4.78, 5) is 14.2. The van der Waals surface area contributed by atoms with Gasteiger partial charge in [-0.1, -0.05) is 6.92 Å². The molecule has 0 aliphatic carbocycles. The molecule has 0 aromatic carbocycles. The van der Waals surface area contributed by atoms with Gasteiger partial charge in [0, 0.05) is 12.6 Å². The van der Waals surface area contributed by atoms with Crippen molar-refractivity contribution >= 4 is 6.09 Å². The summed E-state index contributed by atoms with van der Waals surface area (Å²) in [5, 5.41) is 2.98. The van der Waals surface area contributed by atoms with Crippen molar-refractivity contribution in [1.82, 2.24) is 10.2 Å². The van der Waals surface area contributed by atoms with E-state index in [4.69, 9.17) is 9.47 Å². The Bertz CT molecular complexity index is 334. The van der Waals surface area contributed by atoms with Gasteiger partial charge in [0.15, 0.2) is 0 Å². The second-order valence-electron chi connectivity index (χ2n) is 6.64. The van der Waals surface area contributed by atoms with Crippen LogP contribution in [0, 0.1) is 0 Å². The number of amides is 1. The number of likely N-dealkylation sites (tertiary alicyclic amines) is 1. The number of hydrogen-bond donors (Lipinski definition) is 1. The van der Waals surface area contributed by atoms with Gasteiger partial charge < -0.3 is 14.8 Å². The standard InChI is InChI=1S/C14H26N2O3/c1-5-16-8-11(6-7-14(16)9-18-10-14)15-12(17)19-13(2,3)4/h11H,5-10H2,1-4H3,(H,15,17). The van der Waals surface area contributed by atoms with Crippen molar-refractivity contribution in [3.05, 3.63) is 0 Å². The molecule has 19 heavy (non-hydrogen) atoms. The molecule has 2 aliphatic rings. The average molecular weight is 270 g/mol. The van der Waals surface area contributed by atoms with Gasteiger partial charge in [-0.25, -0.2) is 4.79 Å². The zero-order chi connectivity index (χ0) is 14.1. The molecule has 2 fully saturated rings. The number of likely N-dealkylation sites (N-methyl/N-ethyl adjacent to an activating group) is 1. The van der Waals surface area contributed by atoms with E-state index < -0.39 is 5.60 Å². The van der Waals surface area contributed by atoms with Gasteiger partial charge >= 0.3 is 6.09 Å². The Balaban J connectivity index is 1.85. The molecule has 1 spiro atoms. The number of ether oxygens (including phenoxy) is 2. The predicted molar refractivity (Wildman–Crippen MR) is 73.2 cm³/mol. The topological polar surface area (TPSA) is 50.8 Å². The highest BCUT2D eigenvalue weighted by molar-refractivity contribution is 5.68. The molecule has 2 aliphatic heterocycles. The van der Waals surface area contributed by atoms with E-state index in [1.54, 1.807) is 0 Å². The van der Waals surface area contributed by atoms with Gasteiger partial charge in [-0.2, -0.15) is 0 Å². The van der Waals surface area contributed by atoms with Crippen LogP contribution in [-0.2, 0) is 9.47 Å². The summed E-state index contributed by atoms with van der Waals surface area (Å²) >= 11 is 0. The lowest BCUT2D eigenvalue weighted by molar-refractivity contribution is -0.158. The second kappa shape index (κ2) is 5.29. The molecule has 5 nitrogen and oxygen atoms in total. The lowest BCUT2D eigenvalue weighted by Crippen LogP contribution is -2.67. The number of rotatable bonds is 2. The summed E-state index contributed by atoms with van der Waals surface area (Å²) < 4.78 is 10.7. The summed E-state index contributed by atoms with van der Waals surface area (Å²) in [5.41, 5.74) is -0.201. The molecule has 2 saturated heterocycles. The Kier molecular flexibility index (Phi) is 4.06. The fourth-order valence-corrected chi connectivity index (χ4v) is 2.87. The van der Waals surface area contributed by atoms with Gasteiger partial charge in [0.2, 0.25) is 0 Å². The van der Waals surface area contributed by atoms with E-state index in [0.29, 0.717) is 0 Å². The van der Waals surface area contributed by atoms with Crippen LogP contribution in [0.3, 0.4) is 0 Å². The molecule has 0 aromatic heterocycles. The van der Waals surface area contributed by atoms with Crippen LogP contribution in [-0.4, -0.2) is 54.5 Å². The number of piperidine rings is 1. The first-order valence-corrected chi connectivity index (χ1v) is 7.17. The summed E-state index contributed by atoms with van der Waals surface area (Å²) in [6, 6.07) is 0.182. The number of nitrogens with one attached hydrogen (secondary N) is 1. The molecule has 1 atom stereocenters. The van der Waals surface area contributed by atoms with Crippen molar-refractivity contribution in [1.29, 1.82) is 0 Å². The first-order chi connectivity index (χ1) is 8.85. The van der Waals surface area contributed by atoms with Crippen molar-refractivity contribution in [2.24, 2.45) is 0 Å². The first-order valence-electron chi connectivity index (χ1n) is 7.17. The van der Waals surface area contributed by atoms with Crippen LogP contribution in [0.25, 0.3) is 0 Å². The van der Waals surface area contributed by atoms with Crippen molar-refractivity contribution in [2.45, 2.75) is 57.7 Å². The zero-order valence-corrected chi connectivity index (χ0v) is 12.5. The van der Waals surface area contributed by atoms with E-state index >= 15 is 0 Å². The van der Waals surface area contributed by atoms with Crippen LogP contribution in [0.2, 0.25) is 0 Å². The number of hydrogen-bond acceptors (Lipinski definition) is 4. The van der Waals surface area contributed by atoms with Crippen LogP contribution in [0.5, 0.6) is 0 Å². The Morgan fingerprint density at radius 3 is 2.63 bits per heavy atom. The van der Waals surface area contributed by atoms with E-state index in [1.807, 2.05) is 20.8 Å². The SMILES string of the molecule is CCN1CC(NC(=O)OC(C)(C)C)CCC12COC2. The predicted octanol–water partition coefficient (Wildman–Crippen LogP) is 1.76.